The van der Waals surface area contributed by atoms with Crippen LogP contribution >= 0.6 is 0 Å². The maximum atomic E-state index is 12.5. The summed E-state index contributed by atoms with van der Waals surface area (Å²) >= 11 is 0. The molecule has 1 aliphatic rings. The molecule has 0 spiro atoms. The van der Waals surface area contributed by atoms with Gasteiger partial charge in [-0.05, 0) is 18.2 Å². The molecule has 158 valence electrons. The van der Waals surface area contributed by atoms with Crippen molar-refractivity contribution in [3.63, 3.8) is 0 Å². The maximum absolute atomic E-state index is 12.5. The molecule has 1 heterocycles. The number of carbonyl (C=O) groups excluding carboxylic acids is 4. The van der Waals surface area contributed by atoms with Crippen LogP contribution in [0.25, 0.3) is 0 Å². The predicted octanol–water partition coefficient (Wildman–Crippen LogP) is 0.316. The Hall–Kier alpha value is -3.14. The van der Waals surface area contributed by atoms with Crippen LogP contribution in [-0.2, 0) is 33.3 Å². The van der Waals surface area contributed by atoms with Crippen molar-refractivity contribution in [3.8, 4) is 5.75 Å². The zero-order valence-electron chi connectivity index (χ0n) is 16.2. The van der Waals surface area contributed by atoms with Crippen LogP contribution in [-0.4, -0.2) is 66.5 Å². The number of aromatic hydroxyl groups is 1. The fourth-order valence-electron chi connectivity index (χ4n) is 2.90. The molecule has 0 aliphatic carbocycles. The molecule has 10 nitrogen and oxygen atoms in total. The first-order chi connectivity index (χ1) is 13.7. The van der Waals surface area contributed by atoms with Gasteiger partial charge in [-0.2, -0.15) is 0 Å². The van der Waals surface area contributed by atoms with Crippen molar-refractivity contribution in [1.82, 2.24) is 5.32 Å². The van der Waals surface area contributed by atoms with Crippen molar-refractivity contribution < 1.29 is 43.2 Å². The molecule has 2 rings (SSSR count). The molecule has 3 unspecified atom stereocenters. The molecule has 1 aromatic carbocycles. The molecule has 1 saturated heterocycles. The summed E-state index contributed by atoms with van der Waals surface area (Å²) in [7, 11) is 0. The average molecular weight is 409 g/mol. The summed E-state index contributed by atoms with van der Waals surface area (Å²) in [4.78, 5) is 46.8. The minimum atomic E-state index is -1.11. The number of phenolic OH excluding ortho intramolecular Hbond substituents is 1. The third-order valence-electron chi connectivity index (χ3n) is 4.06. The van der Waals surface area contributed by atoms with Gasteiger partial charge in [0.1, 0.15) is 18.5 Å². The van der Waals surface area contributed by atoms with Crippen LogP contribution in [0, 0.1) is 0 Å². The second kappa shape index (κ2) is 9.87. The van der Waals surface area contributed by atoms with Gasteiger partial charge in [-0.3, -0.25) is 19.2 Å². The molecule has 29 heavy (non-hydrogen) atoms. The van der Waals surface area contributed by atoms with Gasteiger partial charge in [-0.15, -0.1) is 0 Å². The summed E-state index contributed by atoms with van der Waals surface area (Å²) in [6.45, 7) is 3.24. The zero-order valence-corrected chi connectivity index (χ0v) is 16.2. The number of ether oxygens (including phenoxy) is 4. The minimum absolute atomic E-state index is 0.0895. The molecule has 10 heteroatoms. The van der Waals surface area contributed by atoms with E-state index in [0.29, 0.717) is 0 Å². The lowest BCUT2D eigenvalue weighted by atomic mass is 9.97. The SMILES string of the molecule is CC(=O)OCC1OCC(NC(=O)c2cccc(O)c2)C(OC(C)=O)[C@@H]1OC(C)=O. The third-order valence-corrected chi connectivity index (χ3v) is 4.06. The summed E-state index contributed by atoms with van der Waals surface area (Å²) in [5.41, 5.74) is 0.178. The van der Waals surface area contributed by atoms with Crippen LogP contribution in [0.2, 0.25) is 0 Å². The van der Waals surface area contributed by atoms with E-state index in [9.17, 15) is 24.3 Å². The normalized spacial score (nSPS) is 23.6. The molecular formula is C19H23NO9. The van der Waals surface area contributed by atoms with Crippen LogP contribution in [0.5, 0.6) is 5.75 Å². The third kappa shape index (κ3) is 6.46. The number of esters is 3. The van der Waals surface area contributed by atoms with E-state index in [1.165, 1.54) is 45.0 Å². The van der Waals surface area contributed by atoms with E-state index in [1.807, 2.05) is 0 Å². The maximum Gasteiger partial charge on any atom is 0.303 e. The number of phenols is 1. The Morgan fingerprint density at radius 3 is 2.31 bits per heavy atom. The Morgan fingerprint density at radius 1 is 1.07 bits per heavy atom. The number of hydrogen-bond acceptors (Lipinski definition) is 9. The number of hydrogen-bond donors (Lipinski definition) is 2. The van der Waals surface area contributed by atoms with Crippen LogP contribution in [0.3, 0.4) is 0 Å². The molecule has 2 N–H and O–H groups in total. The summed E-state index contributed by atoms with van der Waals surface area (Å²) in [6.07, 6.45) is -3.08. The molecule has 4 atom stereocenters. The highest BCUT2D eigenvalue weighted by Gasteiger charge is 2.46. The van der Waals surface area contributed by atoms with Gasteiger partial charge in [0.2, 0.25) is 0 Å². The highest BCUT2D eigenvalue weighted by molar-refractivity contribution is 5.94. The van der Waals surface area contributed by atoms with Crippen molar-refractivity contribution in [2.75, 3.05) is 13.2 Å². The van der Waals surface area contributed by atoms with Crippen LogP contribution < -0.4 is 5.32 Å². The van der Waals surface area contributed by atoms with E-state index in [-0.39, 0.29) is 24.5 Å². The number of rotatable bonds is 6. The van der Waals surface area contributed by atoms with Crippen molar-refractivity contribution in [1.29, 1.82) is 0 Å². The van der Waals surface area contributed by atoms with Gasteiger partial charge in [-0.25, -0.2) is 0 Å². The predicted molar refractivity (Wildman–Crippen MR) is 96.8 cm³/mol. The molecule has 0 bridgehead atoms. The molecule has 0 saturated carbocycles. The van der Waals surface area contributed by atoms with Crippen LogP contribution in [0.4, 0.5) is 0 Å². The molecule has 0 aromatic heterocycles. The Bertz CT molecular complexity index is 779. The van der Waals surface area contributed by atoms with Gasteiger partial charge in [-0.1, -0.05) is 6.07 Å². The lowest BCUT2D eigenvalue weighted by Gasteiger charge is -2.41. The number of benzene rings is 1. The van der Waals surface area contributed by atoms with Crippen LogP contribution in [0.1, 0.15) is 31.1 Å². The van der Waals surface area contributed by atoms with Crippen LogP contribution in [0.15, 0.2) is 24.3 Å². The Kier molecular flexibility index (Phi) is 7.54. The summed E-state index contributed by atoms with van der Waals surface area (Å²) in [6, 6.07) is 4.83. The summed E-state index contributed by atoms with van der Waals surface area (Å²) in [5, 5.41) is 12.2. The lowest BCUT2D eigenvalue weighted by Crippen LogP contribution is -2.62. The number of nitrogens with one attached hydrogen (secondary N) is 1. The smallest absolute Gasteiger partial charge is 0.303 e. The molecule has 1 fully saturated rings. The van der Waals surface area contributed by atoms with E-state index in [2.05, 4.69) is 5.32 Å². The largest absolute Gasteiger partial charge is 0.508 e. The highest BCUT2D eigenvalue weighted by Crippen LogP contribution is 2.23. The Morgan fingerprint density at radius 2 is 1.72 bits per heavy atom. The minimum Gasteiger partial charge on any atom is -0.508 e. The fraction of sp³-hybridized carbons (Fsp3) is 0.474. The van der Waals surface area contributed by atoms with E-state index in [0.717, 1.165) is 0 Å². The van der Waals surface area contributed by atoms with Gasteiger partial charge >= 0.3 is 17.9 Å². The standard InChI is InChI=1S/C19H23NO9/c1-10(21)26-9-16-18(29-12(3)23)17(28-11(2)22)15(8-27-16)20-19(25)13-5-4-6-14(24)7-13/h4-7,15-18,24H,8-9H2,1-3H3,(H,20,25)/t15?,16?,17?,18-/m1/s1. The Labute approximate surface area is 167 Å². The quantitative estimate of drug-likeness (QED) is 0.502. The molecule has 1 aliphatic heterocycles. The summed E-state index contributed by atoms with van der Waals surface area (Å²) < 4.78 is 21.1. The Balaban J connectivity index is 2.23. The monoisotopic (exact) mass is 409 g/mol. The van der Waals surface area contributed by atoms with Gasteiger partial charge in [0.25, 0.3) is 5.91 Å². The van der Waals surface area contributed by atoms with E-state index in [4.69, 9.17) is 18.9 Å². The molecule has 0 radical (unpaired) electrons. The van der Waals surface area contributed by atoms with Gasteiger partial charge in [0.05, 0.1) is 12.6 Å². The van der Waals surface area contributed by atoms with E-state index >= 15 is 0 Å². The zero-order chi connectivity index (χ0) is 21.6. The van der Waals surface area contributed by atoms with Crippen molar-refractivity contribution in [2.24, 2.45) is 0 Å². The van der Waals surface area contributed by atoms with Gasteiger partial charge < -0.3 is 29.4 Å². The first kappa shape index (κ1) is 22.2. The van der Waals surface area contributed by atoms with E-state index in [1.54, 1.807) is 0 Å². The summed E-state index contributed by atoms with van der Waals surface area (Å²) in [5.74, 6) is -2.51. The average Bonchev–Trinajstić information content (AvgIpc) is 2.62. The van der Waals surface area contributed by atoms with Crippen molar-refractivity contribution in [3.05, 3.63) is 29.8 Å². The number of carbonyl (C=O) groups is 4. The van der Waals surface area contributed by atoms with Crippen molar-refractivity contribution in [2.45, 2.75) is 45.1 Å². The first-order valence-corrected chi connectivity index (χ1v) is 8.86. The first-order valence-electron chi connectivity index (χ1n) is 8.86. The van der Waals surface area contributed by atoms with E-state index < -0.39 is 48.2 Å². The molecular weight excluding hydrogens is 386 g/mol. The lowest BCUT2D eigenvalue weighted by molar-refractivity contribution is -0.206. The molecule has 1 aromatic rings. The number of amides is 1. The van der Waals surface area contributed by atoms with Gasteiger partial charge in [0.15, 0.2) is 12.2 Å². The second-order valence-corrected chi connectivity index (χ2v) is 6.45. The van der Waals surface area contributed by atoms with Crippen molar-refractivity contribution >= 4 is 23.8 Å². The second-order valence-electron chi connectivity index (χ2n) is 6.45. The highest BCUT2D eigenvalue weighted by atomic mass is 16.6. The molecule has 1 amide bonds. The topological polar surface area (TPSA) is 137 Å². The fourth-order valence-corrected chi connectivity index (χ4v) is 2.90. The van der Waals surface area contributed by atoms with Gasteiger partial charge in [0, 0.05) is 26.3 Å².